The maximum atomic E-state index is 12.1. The molecule has 0 aromatic heterocycles. The summed E-state index contributed by atoms with van der Waals surface area (Å²) in [6.07, 6.45) is 0. The van der Waals surface area contributed by atoms with Gasteiger partial charge < -0.3 is 15.7 Å². The van der Waals surface area contributed by atoms with Crippen LogP contribution in [0.4, 0.5) is 5.69 Å². The van der Waals surface area contributed by atoms with Crippen LogP contribution in [0, 0.1) is 13.7 Å². The number of hydrogen-bond acceptors (Lipinski definition) is 5. The Labute approximate surface area is 156 Å². The number of carbonyl (C=O) groups is 2. The molecule has 0 bridgehead atoms. The monoisotopic (exact) mass is 455 g/mol. The van der Waals surface area contributed by atoms with Crippen molar-refractivity contribution in [1.82, 2.24) is 10.6 Å². The smallest absolute Gasteiger partial charge is 0.270 e. The summed E-state index contributed by atoms with van der Waals surface area (Å²) in [4.78, 5) is 34.2. The Morgan fingerprint density at radius 1 is 1.04 bits per heavy atom. The van der Waals surface area contributed by atoms with Gasteiger partial charge in [-0.1, -0.05) is 0 Å². The predicted molar refractivity (Wildman–Crippen MR) is 98.6 cm³/mol. The van der Waals surface area contributed by atoms with Crippen LogP contribution in [-0.2, 0) is 0 Å². The van der Waals surface area contributed by atoms with Gasteiger partial charge in [-0.15, -0.1) is 0 Å². The third-order valence-corrected chi connectivity index (χ3v) is 4.17. The van der Waals surface area contributed by atoms with Gasteiger partial charge in [0.15, 0.2) is 0 Å². The quantitative estimate of drug-likeness (QED) is 0.267. The van der Waals surface area contributed by atoms with E-state index in [9.17, 15) is 24.8 Å². The average Bonchev–Trinajstić information content (AvgIpc) is 2.59. The zero-order chi connectivity index (χ0) is 18.4. The lowest BCUT2D eigenvalue weighted by Gasteiger charge is -2.08. The zero-order valence-corrected chi connectivity index (χ0v) is 15.0. The minimum atomic E-state index is -0.565. The lowest BCUT2D eigenvalue weighted by atomic mass is 10.2. The second-order valence-electron chi connectivity index (χ2n) is 4.98. The highest BCUT2D eigenvalue weighted by Crippen LogP contribution is 2.19. The number of nitro benzene ring substituents is 1. The van der Waals surface area contributed by atoms with Crippen molar-refractivity contribution in [1.29, 1.82) is 0 Å². The number of non-ortho nitro benzene ring substituents is 1. The Bertz CT molecular complexity index is 808. The van der Waals surface area contributed by atoms with Gasteiger partial charge in [-0.05, 0) is 52.9 Å². The van der Waals surface area contributed by atoms with Crippen LogP contribution >= 0.6 is 22.6 Å². The molecule has 0 aliphatic rings. The van der Waals surface area contributed by atoms with Gasteiger partial charge in [0.05, 0.1) is 10.5 Å². The van der Waals surface area contributed by atoms with Crippen LogP contribution in [0.3, 0.4) is 0 Å². The summed E-state index contributed by atoms with van der Waals surface area (Å²) in [5.74, 6) is -0.721. The van der Waals surface area contributed by atoms with Gasteiger partial charge in [0.25, 0.3) is 17.5 Å². The molecule has 8 nitrogen and oxygen atoms in total. The van der Waals surface area contributed by atoms with Crippen molar-refractivity contribution < 1.29 is 19.6 Å². The van der Waals surface area contributed by atoms with Crippen molar-refractivity contribution in [2.45, 2.75) is 0 Å². The molecule has 2 aromatic carbocycles. The molecule has 0 atom stereocenters. The van der Waals surface area contributed by atoms with Crippen LogP contribution < -0.4 is 10.6 Å². The third-order valence-electron chi connectivity index (χ3n) is 3.23. The van der Waals surface area contributed by atoms with E-state index in [0.29, 0.717) is 9.13 Å². The number of nitrogens with zero attached hydrogens (tertiary/aromatic N) is 1. The predicted octanol–water partition coefficient (Wildman–Crippen LogP) is 2.06. The Hall–Kier alpha value is -2.69. The zero-order valence-electron chi connectivity index (χ0n) is 12.9. The molecule has 0 aliphatic heterocycles. The molecular weight excluding hydrogens is 441 g/mol. The first-order valence-corrected chi connectivity index (χ1v) is 8.25. The van der Waals surface area contributed by atoms with E-state index in [4.69, 9.17) is 0 Å². The molecule has 2 amide bonds. The first kappa shape index (κ1) is 18.6. The topological polar surface area (TPSA) is 122 Å². The fraction of sp³-hybridized carbons (Fsp3) is 0.125. The molecule has 9 heteroatoms. The van der Waals surface area contributed by atoms with E-state index >= 15 is 0 Å². The molecule has 130 valence electrons. The fourth-order valence-corrected chi connectivity index (χ4v) is 2.54. The molecule has 0 saturated carbocycles. The van der Waals surface area contributed by atoms with Gasteiger partial charge in [-0.2, -0.15) is 0 Å². The number of rotatable bonds is 6. The van der Waals surface area contributed by atoms with E-state index in [2.05, 4.69) is 10.6 Å². The molecule has 0 spiro atoms. The normalized spacial score (nSPS) is 10.1. The molecule has 25 heavy (non-hydrogen) atoms. The van der Waals surface area contributed by atoms with Crippen LogP contribution in [-0.4, -0.2) is 34.9 Å². The summed E-state index contributed by atoms with van der Waals surface area (Å²) in [6, 6.07) is 9.81. The van der Waals surface area contributed by atoms with Gasteiger partial charge in [-0.3, -0.25) is 19.7 Å². The minimum Gasteiger partial charge on any atom is -0.508 e. The van der Waals surface area contributed by atoms with Crippen molar-refractivity contribution in [2.75, 3.05) is 13.1 Å². The Morgan fingerprint density at radius 3 is 2.24 bits per heavy atom. The van der Waals surface area contributed by atoms with Crippen molar-refractivity contribution in [2.24, 2.45) is 0 Å². The molecule has 3 N–H and O–H groups in total. The highest BCUT2D eigenvalue weighted by Gasteiger charge is 2.15. The van der Waals surface area contributed by atoms with Gasteiger partial charge in [0.1, 0.15) is 5.75 Å². The lowest BCUT2D eigenvalue weighted by molar-refractivity contribution is -0.384. The molecule has 2 rings (SSSR count). The average molecular weight is 455 g/mol. The number of halogens is 1. The maximum Gasteiger partial charge on any atom is 0.270 e. The van der Waals surface area contributed by atoms with Gasteiger partial charge in [-0.25, -0.2) is 0 Å². The Kier molecular flexibility index (Phi) is 6.28. The SMILES string of the molecule is O=C(NCCNC(=O)c1cc([N+](=O)[O-])ccc1I)c1ccc(O)cc1. The largest absolute Gasteiger partial charge is 0.508 e. The van der Waals surface area contributed by atoms with E-state index in [-0.39, 0.29) is 36.0 Å². The summed E-state index contributed by atoms with van der Waals surface area (Å²) in [5.41, 5.74) is 0.434. The number of aromatic hydroxyl groups is 1. The standard InChI is InChI=1S/C16H14IN3O5/c17-14-6-3-11(20(24)25)9-13(14)16(23)19-8-7-18-15(22)10-1-4-12(21)5-2-10/h1-6,9,21H,7-8H2,(H,18,22)(H,19,23). The maximum absolute atomic E-state index is 12.1. The van der Waals surface area contributed by atoms with Crippen molar-refractivity contribution in [3.63, 3.8) is 0 Å². The summed E-state index contributed by atoms with van der Waals surface area (Å²) in [5, 5.41) is 25.2. The van der Waals surface area contributed by atoms with Crippen LogP contribution in [0.1, 0.15) is 20.7 Å². The number of phenols is 1. The van der Waals surface area contributed by atoms with Crippen LogP contribution in [0.2, 0.25) is 0 Å². The lowest BCUT2D eigenvalue weighted by Crippen LogP contribution is -2.35. The van der Waals surface area contributed by atoms with E-state index in [1.807, 2.05) is 22.6 Å². The number of amides is 2. The number of nitro groups is 1. The fourth-order valence-electron chi connectivity index (χ4n) is 1.96. The third kappa shape index (κ3) is 5.14. The first-order valence-electron chi connectivity index (χ1n) is 7.18. The molecule has 2 aromatic rings. The summed E-state index contributed by atoms with van der Waals surface area (Å²) in [7, 11) is 0. The van der Waals surface area contributed by atoms with Crippen LogP contribution in [0.15, 0.2) is 42.5 Å². The number of nitrogens with one attached hydrogen (secondary N) is 2. The number of hydrogen-bond donors (Lipinski definition) is 3. The van der Waals surface area contributed by atoms with E-state index < -0.39 is 10.8 Å². The number of phenolic OH excluding ortho intramolecular Hbond substituents is 1. The number of carbonyl (C=O) groups excluding carboxylic acids is 2. The number of benzene rings is 2. The van der Waals surface area contributed by atoms with Crippen LogP contribution in [0.25, 0.3) is 0 Å². The second-order valence-corrected chi connectivity index (χ2v) is 6.14. The molecule has 0 fully saturated rings. The molecule has 0 saturated heterocycles. The summed E-state index contributed by atoms with van der Waals surface area (Å²) < 4.78 is 0.592. The van der Waals surface area contributed by atoms with Crippen LogP contribution in [0.5, 0.6) is 5.75 Å². The molecule has 0 heterocycles. The van der Waals surface area contributed by atoms with Gasteiger partial charge in [0, 0.05) is 34.4 Å². The molecular formula is C16H14IN3O5. The summed E-state index contributed by atoms with van der Waals surface area (Å²) in [6.45, 7) is 0.360. The minimum absolute atomic E-state index is 0.0652. The molecule has 0 unspecified atom stereocenters. The highest BCUT2D eigenvalue weighted by molar-refractivity contribution is 14.1. The molecule has 0 aliphatic carbocycles. The Morgan fingerprint density at radius 2 is 1.64 bits per heavy atom. The van der Waals surface area contributed by atoms with E-state index in [1.54, 1.807) is 0 Å². The highest BCUT2D eigenvalue weighted by atomic mass is 127. The van der Waals surface area contributed by atoms with E-state index in [1.165, 1.54) is 42.5 Å². The second kappa shape index (κ2) is 8.42. The summed E-state index contributed by atoms with van der Waals surface area (Å²) >= 11 is 1.92. The first-order chi connectivity index (χ1) is 11.9. The van der Waals surface area contributed by atoms with E-state index in [0.717, 1.165) is 0 Å². The molecule has 0 radical (unpaired) electrons. The van der Waals surface area contributed by atoms with Crippen molar-refractivity contribution >= 4 is 40.1 Å². The van der Waals surface area contributed by atoms with Crippen molar-refractivity contribution in [3.8, 4) is 5.75 Å². The van der Waals surface area contributed by atoms with Gasteiger partial charge in [0.2, 0.25) is 0 Å². The Balaban J connectivity index is 1.86. The van der Waals surface area contributed by atoms with Crippen molar-refractivity contribution in [3.05, 3.63) is 67.3 Å². The van der Waals surface area contributed by atoms with Gasteiger partial charge >= 0.3 is 0 Å².